The van der Waals surface area contributed by atoms with Crippen molar-refractivity contribution in [3.05, 3.63) is 48.0 Å². The van der Waals surface area contributed by atoms with Gasteiger partial charge in [0.1, 0.15) is 25.8 Å². The molecule has 1 aliphatic heterocycles. The third-order valence-corrected chi connectivity index (χ3v) is 7.07. The van der Waals surface area contributed by atoms with Crippen molar-refractivity contribution in [3.63, 3.8) is 0 Å². The summed E-state index contributed by atoms with van der Waals surface area (Å²) in [6.45, 7) is 4.52. The number of nitrogens with two attached hydrogens (primary N) is 1. The van der Waals surface area contributed by atoms with Crippen molar-refractivity contribution in [1.29, 1.82) is 0 Å². The van der Waals surface area contributed by atoms with Crippen LogP contribution in [0.3, 0.4) is 0 Å². The average molecular weight is 599 g/mol. The summed E-state index contributed by atoms with van der Waals surface area (Å²) in [5.74, 6) is -1.44. The predicted octanol–water partition coefficient (Wildman–Crippen LogP) is 5.58. The maximum absolute atomic E-state index is 6.15. The van der Waals surface area contributed by atoms with E-state index in [-0.39, 0.29) is 32.0 Å². The van der Waals surface area contributed by atoms with Crippen molar-refractivity contribution in [2.24, 2.45) is 17.6 Å². The number of methoxy groups -OCH3 is 2. The zero-order chi connectivity index (χ0) is 27.9. The minimum atomic E-state index is -1.99. The molecule has 0 saturated carbocycles. The molecule has 1 aromatic rings. The molecular weight excluding hydrogens is 557 g/mol. The van der Waals surface area contributed by atoms with Gasteiger partial charge in [-0.2, -0.15) is 0 Å². The summed E-state index contributed by atoms with van der Waals surface area (Å²) in [6, 6.07) is 10.2. The van der Waals surface area contributed by atoms with E-state index in [1.54, 1.807) is 7.11 Å². The van der Waals surface area contributed by atoms with Gasteiger partial charge in [0, 0.05) is 20.8 Å². The first-order valence-corrected chi connectivity index (χ1v) is 14.0. The maximum Gasteiger partial charge on any atom is 0.275 e. The quantitative estimate of drug-likeness (QED) is 0.0955. The third-order valence-electron chi connectivity index (χ3n) is 6.28. The number of unbranched alkanes of at least 4 members (excludes halogenated alkanes) is 1. The SMILES string of the molecule is CC[C@@H](COCOC)[C@H](/C=C/[C@H]1OC(N)(C(Cl)(Cl)Cl)O[C@H]1COCOC)CCCCOCc1ccccc1. The Morgan fingerprint density at radius 3 is 2.39 bits per heavy atom. The fourth-order valence-corrected chi connectivity index (χ4v) is 4.46. The summed E-state index contributed by atoms with van der Waals surface area (Å²) >= 11 is 18.2. The first-order valence-electron chi connectivity index (χ1n) is 12.9. The maximum atomic E-state index is 6.15. The van der Waals surface area contributed by atoms with Gasteiger partial charge in [-0.15, -0.1) is 0 Å². The molecule has 5 atom stereocenters. The van der Waals surface area contributed by atoms with Gasteiger partial charge in [0.25, 0.3) is 9.70 Å². The Kier molecular flexibility index (Phi) is 16.0. The van der Waals surface area contributed by atoms with E-state index in [1.807, 2.05) is 24.3 Å². The molecule has 0 spiro atoms. The van der Waals surface area contributed by atoms with E-state index in [4.69, 9.17) is 73.7 Å². The summed E-state index contributed by atoms with van der Waals surface area (Å²) in [5.41, 5.74) is 7.32. The first kappa shape index (κ1) is 33.7. The molecule has 0 radical (unpaired) electrons. The predicted molar refractivity (Wildman–Crippen MR) is 149 cm³/mol. The average Bonchev–Trinajstić information content (AvgIpc) is 3.23. The Labute approximate surface area is 241 Å². The second kappa shape index (κ2) is 18.0. The fourth-order valence-electron chi connectivity index (χ4n) is 4.19. The van der Waals surface area contributed by atoms with E-state index in [0.717, 1.165) is 25.7 Å². The van der Waals surface area contributed by atoms with Crippen LogP contribution in [-0.4, -0.2) is 69.5 Å². The molecule has 8 nitrogen and oxygen atoms in total. The lowest BCUT2D eigenvalue weighted by Crippen LogP contribution is -2.53. The lowest BCUT2D eigenvalue weighted by atomic mass is 9.85. The molecule has 1 saturated heterocycles. The number of ether oxygens (including phenoxy) is 7. The van der Waals surface area contributed by atoms with Gasteiger partial charge in [-0.05, 0) is 30.2 Å². The molecule has 0 aliphatic carbocycles. The van der Waals surface area contributed by atoms with E-state index >= 15 is 0 Å². The monoisotopic (exact) mass is 597 g/mol. The molecule has 1 aliphatic rings. The molecule has 2 rings (SSSR count). The number of hydrogen-bond donors (Lipinski definition) is 1. The van der Waals surface area contributed by atoms with E-state index in [0.29, 0.717) is 19.8 Å². The van der Waals surface area contributed by atoms with Gasteiger partial charge in [-0.25, -0.2) is 0 Å². The second-order valence-corrected chi connectivity index (χ2v) is 11.5. The molecule has 1 unspecified atom stereocenters. The van der Waals surface area contributed by atoms with Crippen LogP contribution in [0.4, 0.5) is 0 Å². The zero-order valence-electron chi connectivity index (χ0n) is 22.5. The summed E-state index contributed by atoms with van der Waals surface area (Å²) in [5, 5.41) is 0. The summed E-state index contributed by atoms with van der Waals surface area (Å²) in [6.07, 6.45) is 6.68. The number of rotatable bonds is 19. The van der Waals surface area contributed by atoms with Gasteiger partial charge in [0.2, 0.25) is 0 Å². The van der Waals surface area contributed by atoms with Gasteiger partial charge >= 0.3 is 0 Å². The molecule has 11 heteroatoms. The highest BCUT2D eigenvalue weighted by molar-refractivity contribution is 6.68. The minimum Gasteiger partial charge on any atom is -0.377 e. The molecule has 1 heterocycles. The van der Waals surface area contributed by atoms with E-state index in [2.05, 4.69) is 25.1 Å². The number of benzene rings is 1. The van der Waals surface area contributed by atoms with Gasteiger partial charge in [0.05, 0.1) is 19.8 Å². The summed E-state index contributed by atoms with van der Waals surface area (Å²) in [7, 11) is 3.15. The highest BCUT2D eigenvalue weighted by Gasteiger charge is 2.57. The van der Waals surface area contributed by atoms with Crippen LogP contribution < -0.4 is 5.73 Å². The molecule has 1 aromatic carbocycles. The van der Waals surface area contributed by atoms with Crippen LogP contribution in [-0.2, 0) is 39.8 Å². The van der Waals surface area contributed by atoms with Gasteiger partial charge in [0.15, 0.2) is 0 Å². The lowest BCUT2D eigenvalue weighted by Gasteiger charge is -2.29. The van der Waals surface area contributed by atoms with Crippen LogP contribution in [0.1, 0.15) is 38.2 Å². The fraction of sp³-hybridized carbons (Fsp3) is 0.704. The van der Waals surface area contributed by atoms with Crippen LogP contribution in [0.5, 0.6) is 0 Å². The van der Waals surface area contributed by atoms with Crippen molar-refractivity contribution in [3.8, 4) is 0 Å². The second-order valence-electron chi connectivity index (χ2n) is 9.21. The Bertz CT molecular complexity index is 784. The summed E-state index contributed by atoms with van der Waals surface area (Å²) in [4.78, 5) is 0. The van der Waals surface area contributed by atoms with Crippen molar-refractivity contribution >= 4 is 34.8 Å². The van der Waals surface area contributed by atoms with Crippen molar-refractivity contribution in [2.45, 2.75) is 61.1 Å². The Morgan fingerprint density at radius 2 is 1.74 bits per heavy atom. The standard InChI is InChI=1S/C27H42Cl3NO7/c1-4-22(17-35-19-32-2)23(12-8-9-15-34-16-21-10-6-5-7-11-21)13-14-24-25(18-36-20-33-3)38-27(31,37-24)26(28,29)30/h5-7,10-11,13-14,22-25H,4,8-9,12,15-20,31H2,1-3H3/b14-13+/t22-,23-,24+,25-,27?/m0/s1. The van der Waals surface area contributed by atoms with Crippen LogP contribution in [0, 0.1) is 11.8 Å². The molecule has 1 fully saturated rings. The van der Waals surface area contributed by atoms with Crippen LogP contribution >= 0.6 is 34.8 Å². The largest absolute Gasteiger partial charge is 0.377 e. The molecule has 0 bridgehead atoms. The number of alkyl halides is 3. The van der Waals surface area contributed by atoms with E-state index in [1.165, 1.54) is 12.7 Å². The molecule has 0 amide bonds. The van der Waals surface area contributed by atoms with E-state index < -0.39 is 21.9 Å². The molecule has 0 aromatic heterocycles. The van der Waals surface area contributed by atoms with Gasteiger partial charge in [-0.1, -0.05) is 97.1 Å². The van der Waals surface area contributed by atoms with Crippen LogP contribution in [0.25, 0.3) is 0 Å². The zero-order valence-corrected chi connectivity index (χ0v) is 24.8. The topological polar surface area (TPSA) is 90.6 Å². The Morgan fingerprint density at radius 1 is 1.03 bits per heavy atom. The third kappa shape index (κ3) is 11.6. The number of allylic oxidation sites excluding steroid dienone is 1. The smallest absolute Gasteiger partial charge is 0.275 e. The highest BCUT2D eigenvalue weighted by atomic mass is 35.6. The van der Waals surface area contributed by atoms with Crippen LogP contribution in [0.2, 0.25) is 0 Å². The van der Waals surface area contributed by atoms with Crippen LogP contribution in [0.15, 0.2) is 42.5 Å². The Hall–Kier alpha value is -0.490. The van der Waals surface area contributed by atoms with E-state index in [9.17, 15) is 0 Å². The number of halogens is 3. The van der Waals surface area contributed by atoms with Crippen molar-refractivity contribution in [2.75, 3.05) is 47.6 Å². The van der Waals surface area contributed by atoms with Gasteiger partial charge in [-0.3, -0.25) is 5.73 Å². The lowest BCUT2D eigenvalue weighted by molar-refractivity contribution is -0.172. The normalized spacial score (nSPS) is 23.8. The number of hydrogen-bond acceptors (Lipinski definition) is 8. The van der Waals surface area contributed by atoms with Crippen molar-refractivity contribution < 1.29 is 33.2 Å². The Balaban J connectivity index is 2.02. The molecule has 218 valence electrons. The first-order chi connectivity index (χ1) is 18.2. The minimum absolute atomic E-state index is 0.0886. The van der Waals surface area contributed by atoms with Crippen molar-refractivity contribution in [1.82, 2.24) is 0 Å². The highest BCUT2D eigenvalue weighted by Crippen LogP contribution is 2.44. The van der Waals surface area contributed by atoms with Gasteiger partial charge < -0.3 is 33.2 Å². The molecule has 2 N–H and O–H groups in total. The summed E-state index contributed by atoms with van der Waals surface area (Å²) < 4.78 is 36.8. The molecular formula is C27H42Cl3NO7. The molecule has 38 heavy (non-hydrogen) atoms.